The van der Waals surface area contributed by atoms with Crippen LogP contribution in [0.2, 0.25) is 10.0 Å². The van der Waals surface area contributed by atoms with Crippen LogP contribution in [0.1, 0.15) is 32.2 Å². The number of benzene rings is 1. The van der Waals surface area contributed by atoms with Gasteiger partial charge in [-0.25, -0.2) is 9.78 Å². The molecular weight excluding hydrogens is 387 g/mol. The molecule has 27 heavy (non-hydrogen) atoms. The molecule has 0 amide bonds. The fourth-order valence-electron chi connectivity index (χ4n) is 2.88. The van der Waals surface area contributed by atoms with Crippen molar-refractivity contribution >= 4 is 35.0 Å². The quantitative estimate of drug-likeness (QED) is 0.452. The molecular formula is C20H16Cl2N2O3. The molecule has 138 valence electrons. The van der Waals surface area contributed by atoms with E-state index in [-0.39, 0.29) is 18.1 Å². The second-order valence-electron chi connectivity index (χ2n) is 5.96. The maximum Gasteiger partial charge on any atom is 0.357 e. The molecule has 0 N–H and O–H groups in total. The average molecular weight is 403 g/mol. The van der Waals surface area contributed by atoms with Crippen LogP contribution in [-0.4, -0.2) is 27.9 Å². The summed E-state index contributed by atoms with van der Waals surface area (Å²) in [4.78, 5) is 28.4. The number of esters is 1. The molecule has 7 heteroatoms. The zero-order chi connectivity index (χ0) is 19.6. The van der Waals surface area contributed by atoms with Crippen molar-refractivity contribution in [3.63, 3.8) is 0 Å². The molecule has 0 atom stereocenters. The monoisotopic (exact) mass is 402 g/mol. The normalized spacial score (nSPS) is 10.7. The van der Waals surface area contributed by atoms with Crippen molar-refractivity contribution in [1.29, 1.82) is 0 Å². The van der Waals surface area contributed by atoms with Crippen LogP contribution in [0.4, 0.5) is 0 Å². The fraction of sp³-hybridized carbons (Fsp3) is 0.150. The van der Waals surface area contributed by atoms with Gasteiger partial charge in [0.15, 0.2) is 6.61 Å². The summed E-state index contributed by atoms with van der Waals surface area (Å²) < 4.78 is 6.97. The van der Waals surface area contributed by atoms with E-state index in [0.717, 1.165) is 11.4 Å². The average Bonchev–Trinajstić information content (AvgIpc) is 2.93. The molecule has 0 aliphatic carbocycles. The molecule has 5 nitrogen and oxygen atoms in total. The van der Waals surface area contributed by atoms with Crippen LogP contribution >= 0.6 is 23.2 Å². The summed E-state index contributed by atoms with van der Waals surface area (Å²) in [6.45, 7) is 3.32. The van der Waals surface area contributed by atoms with Crippen molar-refractivity contribution in [2.24, 2.45) is 0 Å². The number of nitrogens with zero attached hydrogens (tertiary/aromatic N) is 2. The number of ether oxygens (including phenoxy) is 1. The highest BCUT2D eigenvalue weighted by molar-refractivity contribution is 6.34. The van der Waals surface area contributed by atoms with Gasteiger partial charge in [0.1, 0.15) is 5.69 Å². The molecule has 0 bridgehead atoms. The maximum atomic E-state index is 12.6. The Hall–Kier alpha value is -2.63. The lowest BCUT2D eigenvalue weighted by atomic mass is 10.1. The van der Waals surface area contributed by atoms with E-state index in [4.69, 9.17) is 27.9 Å². The van der Waals surface area contributed by atoms with Crippen LogP contribution < -0.4 is 0 Å². The second-order valence-corrected chi connectivity index (χ2v) is 6.84. The molecule has 0 fully saturated rings. The highest BCUT2D eigenvalue weighted by Crippen LogP contribution is 2.26. The van der Waals surface area contributed by atoms with Gasteiger partial charge in [0, 0.05) is 38.9 Å². The first kappa shape index (κ1) is 19.1. The van der Waals surface area contributed by atoms with Crippen LogP contribution in [0.25, 0.3) is 5.69 Å². The van der Waals surface area contributed by atoms with Gasteiger partial charge in [0.05, 0.1) is 0 Å². The van der Waals surface area contributed by atoms with Crippen molar-refractivity contribution in [1.82, 2.24) is 9.55 Å². The minimum atomic E-state index is -0.639. The van der Waals surface area contributed by atoms with Gasteiger partial charge in [-0.1, -0.05) is 29.3 Å². The molecule has 3 rings (SSSR count). The van der Waals surface area contributed by atoms with Gasteiger partial charge in [0.2, 0.25) is 5.78 Å². The predicted molar refractivity (Wildman–Crippen MR) is 104 cm³/mol. The first-order valence-electron chi connectivity index (χ1n) is 8.13. The number of carbonyl (C=O) groups excluding carboxylic acids is 2. The SMILES string of the molecule is Cc1cc(C(=O)COC(=O)c2ccccn2)c(C)n1-c1cc(Cl)cc(Cl)c1. The van der Waals surface area contributed by atoms with Gasteiger partial charge in [-0.3, -0.25) is 4.79 Å². The van der Waals surface area contributed by atoms with Crippen molar-refractivity contribution < 1.29 is 14.3 Å². The highest BCUT2D eigenvalue weighted by Gasteiger charge is 2.19. The number of pyridine rings is 1. The summed E-state index contributed by atoms with van der Waals surface area (Å²) in [5, 5.41) is 1.00. The molecule has 2 aromatic heterocycles. The Labute approximate surface area is 166 Å². The zero-order valence-electron chi connectivity index (χ0n) is 14.7. The number of aromatic nitrogens is 2. The Bertz CT molecular complexity index is 993. The third kappa shape index (κ3) is 4.21. The first-order chi connectivity index (χ1) is 12.9. The topological polar surface area (TPSA) is 61.2 Å². The summed E-state index contributed by atoms with van der Waals surface area (Å²) in [6.07, 6.45) is 1.49. The van der Waals surface area contributed by atoms with Crippen LogP contribution in [0.15, 0.2) is 48.7 Å². The summed E-state index contributed by atoms with van der Waals surface area (Å²) in [6, 6.07) is 11.8. The third-order valence-corrected chi connectivity index (χ3v) is 4.48. The number of carbonyl (C=O) groups is 2. The number of rotatable bonds is 5. The Balaban J connectivity index is 1.81. The Morgan fingerprint density at radius 2 is 1.78 bits per heavy atom. The van der Waals surface area contributed by atoms with E-state index in [2.05, 4.69) is 4.98 Å². The number of hydrogen-bond donors (Lipinski definition) is 0. The molecule has 1 aromatic carbocycles. The lowest BCUT2D eigenvalue weighted by molar-refractivity contribution is 0.0468. The van der Waals surface area contributed by atoms with Crippen LogP contribution in [0, 0.1) is 13.8 Å². The van der Waals surface area contributed by atoms with Crippen LogP contribution in [-0.2, 0) is 4.74 Å². The lowest BCUT2D eigenvalue weighted by Crippen LogP contribution is -2.15. The van der Waals surface area contributed by atoms with Gasteiger partial charge in [-0.05, 0) is 50.2 Å². The van der Waals surface area contributed by atoms with E-state index in [1.807, 2.05) is 18.4 Å². The van der Waals surface area contributed by atoms with Gasteiger partial charge < -0.3 is 9.30 Å². The second kappa shape index (κ2) is 7.94. The van der Waals surface area contributed by atoms with Gasteiger partial charge in [0.25, 0.3) is 0 Å². The third-order valence-electron chi connectivity index (χ3n) is 4.05. The minimum absolute atomic E-state index is 0.157. The number of halogens is 2. The number of hydrogen-bond acceptors (Lipinski definition) is 4. The Kier molecular flexibility index (Phi) is 5.63. The molecule has 3 aromatic rings. The maximum absolute atomic E-state index is 12.6. The Morgan fingerprint density at radius 3 is 2.41 bits per heavy atom. The predicted octanol–water partition coefficient (Wildman–Crippen LogP) is 4.84. The number of aryl methyl sites for hydroxylation is 1. The van der Waals surface area contributed by atoms with E-state index in [9.17, 15) is 9.59 Å². The van der Waals surface area contributed by atoms with Crippen LogP contribution in [0.3, 0.4) is 0 Å². The molecule has 0 unspecified atom stereocenters. The highest BCUT2D eigenvalue weighted by atomic mass is 35.5. The summed E-state index contributed by atoms with van der Waals surface area (Å²) in [5.41, 5.74) is 2.93. The lowest BCUT2D eigenvalue weighted by Gasteiger charge is -2.11. The first-order valence-corrected chi connectivity index (χ1v) is 8.89. The molecule has 0 saturated heterocycles. The smallest absolute Gasteiger partial charge is 0.357 e. The van der Waals surface area contributed by atoms with Crippen molar-refractivity contribution in [3.05, 3.63) is 81.4 Å². The van der Waals surface area contributed by atoms with Crippen LogP contribution in [0.5, 0.6) is 0 Å². The van der Waals surface area contributed by atoms with E-state index in [1.54, 1.807) is 36.4 Å². The molecule has 0 aliphatic rings. The van der Waals surface area contributed by atoms with E-state index in [0.29, 0.717) is 21.3 Å². The molecule has 0 saturated carbocycles. The Morgan fingerprint density at radius 1 is 1.07 bits per heavy atom. The number of ketones is 1. The van der Waals surface area contributed by atoms with Crippen molar-refractivity contribution in [3.8, 4) is 5.69 Å². The largest absolute Gasteiger partial charge is 0.453 e. The number of Topliss-reactive ketones (excluding diaryl/α,β-unsaturated/α-hetero) is 1. The van der Waals surface area contributed by atoms with Gasteiger partial charge in [-0.15, -0.1) is 0 Å². The van der Waals surface area contributed by atoms with Gasteiger partial charge in [-0.2, -0.15) is 0 Å². The van der Waals surface area contributed by atoms with E-state index >= 15 is 0 Å². The zero-order valence-corrected chi connectivity index (χ0v) is 16.2. The summed E-state index contributed by atoms with van der Waals surface area (Å²) >= 11 is 12.2. The van der Waals surface area contributed by atoms with E-state index < -0.39 is 5.97 Å². The molecule has 0 radical (unpaired) electrons. The standard InChI is InChI=1S/C20H16Cl2N2O3/c1-12-7-17(13(2)24(12)16-9-14(21)8-15(22)10-16)19(25)11-27-20(26)18-5-3-4-6-23-18/h3-10H,11H2,1-2H3. The molecule has 0 aliphatic heterocycles. The summed E-state index contributed by atoms with van der Waals surface area (Å²) in [7, 11) is 0. The molecule has 2 heterocycles. The molecule has 0 spiro atoms. The minimum Gasteiger partial charge on any atom is -0.453 e. The van der Waals surface area contributed by atoms with Crippen molar-refractivity contribution in [2.75, 3.05) is 6.61 Å². The fourth-order valence-corrected chi connectivity index (χ4v) is 3.39. The summed E-state index contributed by atoms with van der Waals surface area (Å²) in [5.74, 6) is -0.939. The van der Waals surface area contributed by atoms with Crippen molar-refractivity contribution in [2.45, 2.75) is 13.8 Å². The van der Waals surface area contributed by atoms with Gasteiger partial charge >= 0.3 is 5.97 Å². The van der Waals surface area contributed by atoms with E-state index in [1.165, 1.54) is 12.3 Å².